The van der Waals surface area contributed by atoms with Crippen LogP contribution in [0, 0.1) is 0 Å². The van der Waals surface area contributed by atoms with Crippen molar-refractivity contribution in [2.45, 2.75) is 19.3 Å². The molecule has 0 fully saturated rings. The van der Waals surface area contributed by atoms with Crippen LogP contribution in [0.5, 0.6) is 17.2 Å². The minimum atomic E-state index is -0.958. The van der Waals surface area contributed by atoms with Crippen molar-refractivity contribution in [2.24, 2.45) is 0 Å². The number of aromatic hydroxyl groups is 1. The first kappa shape index (κ1) is 14.9. The molecule has 0 unspecified atom stereocenters. The minimum Gasteiger partial charge on any atom is -0.508 e. The van der Waals surface area contributed by atoms with Gasteiger partial charge in [0.2, 0.25) is 0 Å². The molecule has 0 spiro atoms. The van der Waals surface area contributed by atoms with E-state index in [2.05, 4.69) is 0 Å². The SMILES string of the molecule is COc1ccc(O)cc1C(C)(C)C(=O)Oc1ccccc1. The Morgan fingerprint density at radius 3 is 2.38 bits per heavy atom. The van der Waals surface area contributed by atoms with E-state index < -0.39 is 11.4 Å². The first-order valence-corrected chi connectivity index (χ1v) is 6.60. The molecule has 0 aliphatic heterocycles. The third-order valence-electron chi connectivity index (χ3n) is 3.32. The number of carbonyl (C=O) groups is 1. The maximum Gasteiger partial charge on any atom is 0.321 e. The lowest BCUT2D eigenvalue weighted by Crippen LogP contribution is -2.33. The van der Waals surface area contributed by atoms with Crippen LogP contribution in [-0.4, -0.2) is 18.2 Å². The van der Waals surface area contributed by atoms with E-state index in [0.717, 1.165) is 0 Å². The van der Waals surface area contributed by atoms with E-state index in [1.807, 2.05) is 6.07 Å². The van der Waals surface area contributed by atoms with Gasteiger partial charge in [-0.15, -0.1) is 0 Å². The molecule has 0 heterocycles. The molecule has 0 aromatic heterocycles. The van der Waals surface area contributed by atoms with Gasteiger partial charge in [-0.1, -0.05) is 18.2 Å². The van der Waals surface area contributed by atoms with Crippen LogP contribution < -0.4 is 9.47 Å². The van der Waals surface area contributed by atoms with Gasteiger partial charge in [0.15, 0.2) is 0 Å². The number of phenolic OH excluding ortho intramolecular Hbond substituents is 1. The molecule has 110 valence electrons. The number of rotatable bonds is 4. The molecule has 0 aliphatic rings. The summed E-state index contributed by atoms with van der Waals surface area (Å²) in [6, 6.07) is 13.5. The van der Waals surface area contributed by atoms with Gasteiger partial charge in [0.25, 0.3) is 0 Å². The van der Waals surface area contributed by atoms with Crippen molar-refractivity contribution < 1.29 is 19.4 Å². The number of carbonyl (C=O) groups excluding carboxylic acids is 1. The highest BCUT2D eigenvalue weighted by Gasteiger charge is 2.35. The average Bonchev–Trinajstić information content (AvgIpc) is 2.48. The summed E-state index contributed by atoms with van der Waals surface area (Å²) in [5.74, 6) is 0.668. The maximum absolute atomic E-state index is 12.5. The molecule has 4 nitrogen and oxygen atoms in total. The molecule has 2 aromatic carbocycles. The molecule has 4 heteroatoms. The Morgan fingerprint density at radius 1 is 1.10 bits per heavy atom. The zero-order valence-corrected chi connectivity index (χ0v) is 12.3. The van der Waals surface area contributed by atoms with Crippen LogP contribution in [0.15, 0.2) is 48.5 Å². The molecule has 1 N–H and O–H groups in total. The zero-order valence-electron chi connectivity index (χ0n) is 12.3. The van der Waals surface area contributed by atoms with E-state index in [0.29, 0.717) is 17.1 Å². The van der Waals surface area contributed by atoms with Gasteiger partial charge in [0, 0.05) is 5.56 Å². The monoisotopic (exact) mass is 286 g/mol. The zero-order chi connectivity index (χ0) is 15.5. The predicted molar refractivity (Wildman–Crippen MR) is 79.8 cm³/mol. The summed E-state index contributed by atoms with van der Waals surface area (Å²) in [6.07, 6.45) is 0. The lowest BCUT2D eigenvalue weighted by Gasteiger charge is -2.25. The van der Waals surface area contributed by atoms with E-state index in [-0.39, 0.29) is 5.75 Å². The topological polar surface area (TPSA) is 55.8 Å². The maximum atomic E-state index is 12.5. The van der Waals surface area contributed by atoms with Crippen LogP contribution in [0.1, 0.15) is 19.4 Å². The molecule has 21 heavy (non-hydrogen) atoms. The summed E-state index contributed by atoms with van der Waals surface area (Å²) in [7, 11) is 1.52. The number of para-hydroxylation sites is 1. The number of methoxy groups -OCH3 is 1. The highest BCUT2D eigenvalue weighted by Crippen LogP contribution is 2.35. The molecule has 0 aliphatic carbocycles. The lowest BCUT2D eigenvalue weighted by atomic mass is 9.84. The number of phenols is 1. The summed E-state index contributed by atoms with van der Waals surface area (Å²) in [5.41, 5.74) is -0.383. The van der Waals surface area contributed by atoms with Crippen LogP contribution in [0.2, 0.25) is 0 Å². The van der Waals surface area contributed by atoms with Gasteiger partial charge in [-0.05, 0) is 44.2 Å². The predicted octanol–water partition coefficient (Wildman–Crippen LogP) is 3.28. The summed E-state index contributed by atoms with van der Waals surface area (Å²) < 4.78 is 10.7. The summed E-state index contributed by atoms with van der Waals surface area (Å²) in [5, 5.41) is 9.66. The Kier molecular flexibility index (Phi) is 4.17. The van der Waals surface area contributed by atoms with E-state index in [1.165, 1.54) is 19.2 Å². The van der Waals surface area contributed by atoms with Gasteiger partial charge < -0.3 is 14.6 Å². The molecule has 2 rings (SSSR count). The lowest BCUT2D eigenvalue weighted by molar-refractivity contribution is -0.139. The second-order valence-electron chi connectivity index (χ2n) is 5.21. The van der Waals surface area contributed by atoms with Crippen molar-refractivity contribution in [1.29, 1.82) is 0 Å². The highest BCUT2D eigenvalue weighted by molar-refractivity contribution is 5.85. The Hall–Kier alpha value is -2.49. The molecule has 2 aromatic rings. The molecular weight excluding hydrogens is 268 g/mol. The van der Waals surface area contributed by atoms with Crippen LogP contribution in [0.3, 0.4) is 0 Å². The Morgan fingerprint density at radius 2 is 1.76 bits per heavy atom. The number of hydrogen-bond donors (Lipinski definition) is 1. The second kappa shape index (κ2) is 5.87. The number of benzene rings is 2. The molecule has 0 bridgehead atoms. The van der Waals surface area contributed by atoms with E-state index in [4.69, 9.17) is 9.47 Å². The van der Waals surface area contributed by atoms with Gasteiger partial charge in [0.05, 0.1) is 12.5 Å². The molecule has 0 saturated carbocycles. The minimum absolute atomic E-state index is 0.0754. The fourth-order valence-electron chi connectivity index (χ4n) is 2.02. The van der Waals surface area contributed by atoms with Gasteiger partial charge in [-0.25, -0.2) is 0 Å². The van der Waals surface area contributed by atoms with Crippen molar-refractivity contribution in [3.8, 4) is 17.2 Å². The molecule has 0 radical (unpaired) electrons. The fourth-order valence-corrected chi connectivity index (χ4v) is 2.02. The summed E-state index contributed by atoms with van der Waals surface area (Å²) >= 11 is 0. The van der Waals surface area contributed by atoms with Crippen molar-refractivity contribution in [1.82, 2.24) is 0 Å². The van der Waals surface area contributed by atoms with Crippen molar-refractivity contribution >= 4 is 5.97 Å². The standard InChI is InChI=1S/C17H18O4/c1-17(2,14-11-12(18)9-10-15(14)20-3)16(19)21-13-7-5-4-6-8-13/h4-11,18H,1-3H3. The van der Waals surface area contributed by atoms with E-state index >= 15 is 0 Å². The number of esters is 1. The van der Waals surface area contributed by atoms with Crippen LogP contribution in [-0.2, 0) is 10.2 Å². The quantitative estimate of drug-likeness (QED) is 0.692. The Bertz CT molecular complexity index is 632. The van der Waals surface area contributed by atoms with Crippen molar-refractivity contribution in [3.63, 3.8) is 0 Å². The van der Waals surface area contributed by atoms with Crippen LogP contribution in [0.4, 0.5) is 0 Å². The highest BCUT2D eigenvalue weighted by atomic mass is 16.5. The van der Waals surface area contributed by atoms with Crippen LogP contribution in [0.25, 0.3) is 0 Å². The largest absolute Gasteiger partial charge is 0.508 e. The normalized spacial score (nSPS) is 11.0. The van der Waals surface area contributed by atoms with Gasteiger partial charge in [0.1, 0.15) is 17.2 Å². The third-order valence-corrected chi connectivity index (χ3v) is 3.32. The van der Waals surface area contributed by atoms with Crippen molar-refractivity contribution in [2.75, 3.05) is 7.11 Å². The second-order valence-corrected chi connectivity index (χ2v) is 5.21. The molecular formula is C17H18O4. The van der Waals surface area contributed by atoms with Crippen LogP contribution >= 0.6 is 0 Å². The van der Waals surface area contributed by atoms with E-state index in [9.17, 15) is 9.90 Å². The first-order chi connectivity index (χ1) is 9.95. The average molecular weight is 286 g/mol. The number of hydrogen-bond acceptors (Lipinski definition) is 4. The number of ether oxygens (including phenoxy) is 2. The fraction of sp³-hybridized carbons (Fsp3) is 0.235. The van der Waals surface area contributed by atoms with Gasteiger partial charge >= 0.3 is 5.97 Å². The van der Waals surface area contributed by atoms with Gasteiger partial charge in [-0.2, -0.15) is 0 Å². The Labute approximate surface area is 123 Å². The smallest absolute Gasteiger partial charge is 0.321 e. The third kappa shape index (κ3) is 3.16. The first-order valence-electron chi connectivity index (χ1n) is 6.60. The summed E-state index contributed by atoms with van der Waals surface area (Å²) in [4.78, 5) is 12.5. The van der Waals surface area contributed by atoms with Crippen molar-refractivity contribution in [3.05, 3.63) is 54.1 Å². The Balaban J connectivity index is 2.33. The molecule has 0 atom stereocenters. The van der Waals surface area contributed by atoms with E-state index in [1.54, 1.807) is 44.2 Å². The summed E-state index contributed by atoms with van der Waals surface area (Å²) in [6.45, 7) is 3.46. The molecule has 0 amide bonds. The van der Waals surface area contributed by atoms with Gasteiger partial charge in [-0.3, -0.25) is 4.79 Å². The molecule has 0 saturated heterocycles.